The lowest BCUT2D eigenvalue weighted by Crippen LogP contribution is -2.13. The van der Waals surface area contributed by atoms with Crippen LogP contribution >= 0.6 is 0 Å². The van der Waals surface area contributed by atoms with Gasteiger partial charge in [-0.3, -0.25) is 0 Å². The molecular formula is C15H14FNO2. The first-order chi connectivity index (χ1) is 9.16. The van der Waals surface area contributed by atoms with Crippen LogP contribution in [0.2, 0.25) is 0 Å². The molecule has 0 radical (unpaired) electrons. The summed E-state index contributed by atoms with van der Waals surface area (Å²) in [7, 11) is 0. The van der Waals surface area contributed by atoms with Crippen LogP contribution < -0.4 is 5.32 Å². The van der Waals surface area contributed by atoms with Crippen LogP contribution in [0.4, 0.5) is 4.39 Å². The van der Waals surface area contributed by atoms with Crippen LogP contribution in [0.25, 0.3) is 0 Å². The molecule has 3 nitrogen and oxygen atoms in total. The van der Waals surface area contributed by atoms with Gasteiger partial charge >= 0.3 is 5.97 Å². The van der Waals surface area contributed by atoms with Crippen LogP contribution in [0.15, 0.2) is 48.5 Å². The van der Waals surface area contributed by atoms with Gasteiger partial charge in [0.2, 0.25) is 0 Å². The van der Waals surface area contributed by atoms with Gasteiger partial charge in [0, 0.05) is 13.1 Å². The van der Waals surface area contributed by atoms with Crippen molar-refractivity contribution in [3.63, 3.8) is 0 Å². The zero-order valence-electron chi connectivity index (χ0n) is 10.3. The summed E-state index contributed by atoms with van der Waals surface area (Å²) in [6.07, 6.45) is 0. The Morgan fingerprint density at radius 3 is 2.37 bits per heavy atom. The number of carboxylic acids is 1. The van der Waals surface area contributed by atoms with E-state index >= 15 is 0 Å². The van der Waals surface area contributed by atoms with E-state index < -0.39 is 11.8 Å². The normalized spacial score (nSPS) is 10.4. The molecule has 0 aliphatic heterocycles. The molecule has 0 fully saturated rings. The van der Waals surface area contributed by atoms with Gasteiger partial charge in [-0.15, -0.1) is 0 Å². The molecule has 2 N–H and O–H groups in total. The van der Waals surface area contributed by atoms with Crippen LogP contribution in [0.5, 0.6) is 0 Å². The second kappa shape index (κ2) is 6.11. The second-order valence-corrected chi connectivity index (χ2v) is 4.21. The van der Waals surface area contributed by atoms with E-state index in [4.69, 9.17) is 5.11 Å². The summed E-state index contributed by atoms with van der Waals surface area (Å²) in [5.74, 6) is -1.95. The highest BCUT2D eigenvalue weighted by Gasteiger charge is 2.09. The van der Waals surface area contributed by atoms with Gasteiger partial charge in [-0.05, 0) is 23.3 Å². The minimum absolute atomic E-state index is 0.299. The number of hydrogen-bond donors (Lipinski definition) is 2. The predicted octanol–water partition coefficient (Wildman–Crippen LogP) is 2.81. The van der Waals surface area contributed by atoms with Crippen molar-refractivity contribution in [2.45, 2.75) is 13.1 Å². The van der Waals surface area contributed by atoms with Crippen molar-refractivity contribution in [1.29, 1.82) is 0 Å². The maximum atomic E-state index is 13.4. The van der Waals surface area contributed by atoms with E-state index in [1.54, 1.807) is 6.07 Å². The monoisotopic (exact) mass is 259 g/mol. The number of carbonyl (C=O) groups is 1. The largest absolute Gasteiger partial charge is 0.478 e. The summed E-state index contributed by atoms with van der Waals surface area (Å²) in [6, 6.07) is 14.0. The van der Waals surface area contributed by atoms with Crippen molar-refractivity contribution in [1.82, 2.24) is 5.32 Å². The van der Waals surface area contributed by atoms with E-state index in [1.165, 1.54) is 12.1 Å². The summed E-state index contributed by atoms with van der Waals surface area (Å²) in [6.45, 7) is 1.18. The molecule has 0 atom stereocenters. The third kappa shape index (κ3) is 3.63. The quantitative estimate of drug-likeness (QED) is 0.868. The summed E-state index contributed by atoms with van der Waals surface area (Å²) < 4.78 is 13.4. The number of benzene rings is 2. The highest BCUT2D eigenvalue weighted by Crippen LogP contribution is 2.10. The second-order valence-electron chi connectivity index (χ2n) is 4.21. The van der Waals surface area contributed by atoms with Gasteiger partial charge in [0.15, 0.2) is 0 Å². The highest BCUT2D eigenvalue weighted by molar-refractivity contribution is 5.87. The average molecular weight is 259 g/mol. The van der Waals surface area contributed by atoms with Crippen molar-refractivity contribution in [2.75, 3.05) is 0 Å². The maximum absolute atomic E-state index is 13.4. The van der Waals surface area contributed by atoms with Crippen LogP contribution in [-0.2, 0) is 13.1 Å². The predicted molar refractivity (Wildman–Crippen MR) is 70.3 cm³/mol. The number of rotatable bonds is 5. The Bertz CT molecular complexity index is 570. The number of carboxylic acid groups (broad SMARTS) is 1. The van der Waals surface area contributed by atoms with Crippen molar-refractivity contribution in [2.24, 2.45) is 0 Å². The van der Waals surface area contributed by atoms with E-state index in [0.717, 1.165) is 11.1 Å². The molecule has 0 aromatic heterocycles. The first-order valence-corrected chi connectivity index (χ1v) is 5.93. The molecule has 4 heteroatoms. The third-order valence-electron chi connectivity index (χ3n) is 2.76. The third-order valence-corrected chi connectivity index (χ3v) is 2.76. The molecule has 98 valence electrons. The molecule has 0 unspecified atom stereocenters. The molecular weight excluding hydrogens is 245 g/mol. The van der Waals surface area contributed by atoms with Crippen LogP contribution in [0, 0.1) is 5.82 Å². The molecule has 2 rings (SSSR count). The van der Waals surface area contributed by atoms with E-state index in [9.17, 15) is 9.18 Å². The highest BCUT2D eigenvalue weighted by atomic mass is 19.1. The summed E-state index contributed by atoms with van der Waals surface area (Å²) in [5.41, 5.74) is 1.57. The van der Waals surface area contributed by atoms with E-state index in [0.29, 0.717) is 13.1 Å². The minimum Gasteiger partial charge on any atom is -0.478 e. The number of nitrogens with one attached hydrogen (secondary N) is 1. The molecule has 19 heavy (non-hydrogen) atoms. The molecule has 0 saturated heterocycles. The van der Waals surface area contributed by atoms with E-state index in [-0.39, 0.29) is 5.56 Å². The van der Waals surface area contributed by atoms with Gasteiger partial charge in [0.25, 0.3) is 0 Å². The molecule has 0 aliphatic rings. The van der Waals surface area contributed by atoms with Gasteiger partial charge in [-0.2, -0.15) is 0 Å². The van der Waals surface area contributed by atoms with Crippen molar-refractivity contribution in [3.8, 4) is 0 Å². The number of hydrogen-bond acceptors (Lipinski definition) is 2. The zero-order valence-corrected chi connectivity index (χ0v) is 10.3. The SMILES string of the molecule is O=C(O)c1ccc(CNCc2ccccc2)cc1F. The Hall–Kier alpha value is -2.20. The van der Waals surface area contributed by atoms with Gasteiger partial charge in [-0.25, -0.2) is 9.18 Å². The lowest BCUT2D eigenvalue weighted by molar-refractivity contribution is 0.0692. The maximum Gasteiger partial charge on any atom is 0.338 e. The van der Waals surface area contributed by atoms with Crippen LogP contribution in [-0.4, -0.2) is 11.1 Å². The Kier molecular flexibility index (Phi) is 4.26. The fourth-order valence-electron chi connectivity index (χ4n) is 1.79. The van der Waals surface area contributed by atoms with Crippen LogP contribution in [0.1, 0.15) is 21.5 Å². The van der Waals surface area contributed by atoms with Crippen molar-refractivity contribution in [3.05, 3.63) is 71.0 Å². The fourth-order valence-corrected chi connectivity index (χ4v) is 1.79. The van der Waals surface area contributed by atoms with E-state index in [2.05, 4.69) is 5.32 Å². The van der Waals surface area contributed by atoms with Gasteiger partial charge in [0.1, 0.15) is 5.82 Å². The van der Waals surface area contributed by atoms with Crippen molar-refractivity contribution < 1.29 is 14.3 Å². The molecule has 0 amide bonds. The average Bonchev–Trinajstić information content (AvgIpc) is 2.39. The first kappa shape index (κ1) is 13.2. The molecule has 0 saturated carbocycles. The van der Waals surface area contributed by atoms with E-state index in [1.807, 2.05) is 30.3 Å². The number of aromatic carboxylic acids is 1. The fraction of sp³-hybridized carbons (Fsp3) is 0.133. The topological polar surface area (TPSA) is 49.3 Å². The molecule has 0 heterocycles. The summed E-state index contributed by atoms with van der Waals surface area (Å²) in [5, 5.41) is 11.9. The Morgan fingerprint density at radius 2 is 1.74 bits per heavy atom. The minimum atomic E-state index is -1.25. The summed E-state index contributed by atoms with van der Waals surface area (Å²) >= 11 is 0. The van der Waals surface area contributed by atoms with Gasteiger partial charge in [-0.1, -0.05) is 36.4 Å². The Morgan fingerprint density at radius 1 is 1.05 bits per heavy atom. The molecule has 0 bridgehead atoms. The first-order valence-electron chi connectivity index (χ1n) is 5.93. The zero-order chi connectivity index (χ0) is 13.7. The standard InChI is InChI=1S/C15H14FNO2/c16-14-8-12(6-7-13(14)15(18)19)10-17-9-11-4-2-1-3-5-11/h1-8,17H,9-10H2,(H,18,19). The smallest absolute Gasteiger partial charge is 0.338 e. The molecule has 2 aromatic rings. The lowest BCUT2D eigenvalue weighted by Gasteiger charge is -2.06. The Labute approximate surface area is 110 Å². The summed E-state index contributed by atoms with van der Waals surface area (Å²) in [4.78, 5) is 10.7. The van der Waals surface area contributed by atoms with Crippen LogP contribution in [0.3, 0.4) is 0 Å². The lowest BCUT2D eigenvalue weighted by atomic mass is 10.1. The number of halogens is 1. The van der Waals surface area contributed by atoms with Crippen molar-refractivity contribution >= 4 is 5.97 Å². The molecule has 0 spiro atoms. The van der Waals surface area contributed by atoms with Gasteiger partial charge in [0.05, 0.1) is 5.56 Å². The molecule has 2 aromatic carbocycles. The molecule has 0 aliphatic carbocycles. The van der Waals surface area contributed by atoms with Gasteiger partial charge < -0.3 is 10.4 Å². The Balaban J connectivity index is 1.93.